The van der Waals surface area contributed by atoms with Gasteiger partial charge in [-0.1, -0.05) is 0 Å². The topological polar surface area (TPSA) is 64.0 Å². The van der Waals surface area contributed by atoms with Gasteiger partial charge < -0.3 is 15.0 Å². The Morgan fingerprint density at radius 2 is 2.11 bits per heavy atom. The van der Waals surface area contributed by atoms with Crippen LogP contribution in [0.4, 0.5) is 5.82 Å². The molecule has 4 nitrogen and oxygen atoms in total. The third-order valence-electron chi connectivity index (χ3n) is 4.27. The zero-order valence-electron chi connectivity index (χ0n) is 11.4. The van der Waals surface area contributed by atoms with Crippen LogP contribution in [-0.4, -0.2) is 18.3 Å². The Labute approximate surface area is 108 Å². The predicted molar refractivity (Wildman–Crippen MR) is 71.2 cm³/mol. The number of methoxy groups -OCH3 is 1. The molecule has 0 amide bonds. The highest BCUT2D eigenvalue weighted by molar-refractivity contribution is 5.57. The van der Waals surface area contributed by atoms with E-state index in [0.29, 0.717) is 16.8 Å². The van der Waals surface area contributed by atoms with E-state index in [1.165, 1.54) is 12.8 Å². The Morgan fingerprint density at radius 3 is 2.56 bits per heavy atom. The van der Waals surface area contributed by atoms with Crippen molar-refractivity contribution in [1.82, 2.24) is 4.57 Å². The van der Waals surface area contributed by atoms with Crippen LogP contribution in [0.1, 0.15) is 36.1 Å². The molecule has 4 heteroatoms. The van der Waals surface area contributed by atoms with Gasteiger partial charge >= 0.3 is 0 Å². The van der Waals surface area contributed by atoms with Gasteiger partial charge in [-0.15, -0.1) is 0 Å². The first kappa shape index (κ1) is 13.0. The second-order valence-corrected chi connectivity index (χ2v) is 5.41. The maximum absolute atomic E-state index is 9.13. The van der Waals surface area contributed by atoms with Crippen molar-refractivity contribution in [3.05, 3.63) is 16.8 Å². The third-order valence-corrected chi connectivity index (χ3v) is 4.27. The lowest BCUT2D eigenvalue weighted by molar-refractivity contribution is 0.167. The van der Waals surface area contributed by atoms with Crippen LogP contribution >= 0.6 is 0 Å². The van der Waals surface area contributed by atoms with Crippen molar-refractivity contribution in [3.63, 3.8) is 0 Å². The molecule has 18 heavy (non-hydrogen) atoms. The summed E-state index contributed by atoms with van der Waals surface area (Å²) < 4.78 is 7.28. The molecule has 0 aromatic carbocycles. The summed E-state index contributed by atoms with van der Waals surface area (Å²) in [5, 5.41) is 9.13. The lowest BCUT2D eigenvalue weighted by atomic mass is 10.0. The lowest BCUT2D eigenvalue weighted by Gasteiger charge is -2.18. The smallest absolute Gasteiger partial charge is 0.122 e. The summed E-state index contributed by atoms with van der Waals surface area (Å²) in [5.41, 5.74) is 9.19. The molecule has 0 aliphatic heterocycles. The second kappa shape index (κ2) is 4.66. The number of rotatable bonds is 5. The van der Waals surface area contributed by atoms with Crippen molar-refractivity contribution in [3.8, 4) is 6.07 Å². The number of anilines is 1. The van der Waals surface area contributed by atoms with Gasteiger partial charge in [0.05, 0.1) is 5.56 Å². The van der Waals surface area contributed by atoms with Crippen molar-refractivity contribution in [2.45, 2.75) is 39.7 Å². The van der Waals surface area contributed by atoms with Crippen molar-refractivity contribution < 1.29 is 4.74 Å². The van der Waals surface area contributed by atoms with Gasteiger partial charge in [0, 0.05) is 26.0 Å². The molecule has 0 bridgehead atoms. The van der Waals surface area contributed by atoms with Crippen molar-refractivity contribution in [2.75, 3.05) is 19.5 Å². The minimum Gasteiger partial charge on any atom is -0.385 e. The number of nitrogen functional groups attached to an aromatic ring is 1. The van der Waals surface area contributed by atoms with Gasteiger partial charge in [0.2, 0.25) is 0 Å². The number of hydrogen-bond acceptors (Lipinski definition) is 3. The largest absolute Gasteiger partial charge is 0.385 e. The zero-order chi connectivity index (χ0) is 13.3. The molecule has 1 saturated carbocycles. The first-order valence-electron chi connectivity index (χ1n) is 6.39. The summed E-state index contributed by atoms with van der Waals surface area (Å²) in [4.78, 5) is 0. The minimum atomic E-state index is 0.340. The molecule has 0 saturated heterocycles. The molecule has 2 rings (SSSR count). The number of hydrogen-bond donors (Lipinski definition) is 1. The first-order chi connectivity index (χ1) is 8.54. The Bertz CT molecular complexity index is 492. The number of aromatic nitrogens is 1. The highest BCUT2D eigenvalue weighted by atomic mass is 16.5. The van der Waals surface area contributed by atoms with Crippen LogP contribution in [-0.2, 0) is 11.3 Å². The summed E-state index contributed by atoms with van der Waals surface area (Å²) in [6.07, 6.45) is 3.53. The van der Waals surface area contributed by atoms with Crippen LogP contribution in [0.2, 0.25) is 0 Å². The van der Waals surface area contributed by atoms with E-state index in [9.17, 15) is 0 Å². The fourth-order valence-corrected chi connectivity index (χ4v) is 2.55. The highest BCUT2D eigenvalue weighted by Gasteiger charge is 2.43. The van der Waals surface area contributed by atoms with E-state index in [1.54, 1.807) is 7.11 Å². The molecule has 98 valence electrons. The van der Waals surface area contributed by atoms with E-state index in [4.69, 9.17) is 15.7 Å². The minimum absolute atomic E-state index is 0.340. The third kappa shape index (κ3) is 2.11. The summed E-state index contributed by atoms with van der Waals surface area (Å²) in [6.45, 7) is 5.72. The lowest BCUT2D eigenvalue weighted by Crippen LogP contribution is -2.16. The summed E-state index contributed by atoms with van der Waals surface area (Å²) in [6, 6.07) is 2.20. The molecular formula is C14H21N3O. The number of ether oxygens (including phenoxy) is 1. The Hall–Kier alpha value is -1.47. The molecular weight excluding hydrogens is 226 g/mol. The molecule has 2 N–H and O–H groups in total. The van der Waals surface area contributed by atoms with Crippen LogP contribution in [0.15, 0.2) is 0 Å². The molecule has 1 aromatic heterocycles. The second-order valence-electron chi connectivity index (χ2n) is 5.41. The molecule has 0 unspecified atom stereocenters. The standard InChI is InChI=1S/C14H21N3O/c1-10-11(2)17(13(16)12(10)8-15)9-14(4-5-14)6-7-18-3/h4-7,9,16H2,1-3H3. The SMILES string of the molecule is COCCC1(Cn2c(C)c(C)c(C#N)c2N)CC1. The predicted octanol–water partition coefficient (Wildman–Crippen LogP) is 2.38. The van der Waals surface area contributed by atoms with Crippen LogP contribution in [0.5, 0.6) is 0 Å². The van der Waals surface area contributed by atoms with E-state index in [2.05, 4.69) is 10.6 Å². The average Bonchev–Trinajstić information content (AvgIpc) is 3.09. The summed E-state index contributed by atoms with van der Waals surface area (Å²) in [7, 11) is 1.74. The van der Waals surface area contributed by atoms with E-state index in [1.807, 2.05) is 13.8 Å². The molecule has 1 fully saturated rings. The average molecular weight is 247 g/mol. The molecule has 0 radical (unpaired) electrons. The van der Waals surface area contributed by atoms with Gasteiger partial charge in [0.15, 0.2) is 0 Å². The van der Waals surface area contributed by atoms with Crippen LogP contribution in [0, 0.1) is 30.6 Å². The van der Waals surface area contributed by atoms with Crippen molar-refractivity contribution in [2.24, 2.45) is 5.41 Å². The monoisotopic (exact) mass is 247 g/mol. The van der Waals surface area contributed by atoms with Gasteiger partial charge in [-0.05, 0) is 44.1 Å². The van der Waals surface area contributed by atoms with E-state index >= 15 is 0 Å². The first-order valence-corrected chi connectivity index (χ1v) is 6.39. The zero-order valence-corrected chi connectivity index (χ0v) is 11.4. The van der Waals surface area contributed by atoms with Crippen LogP contribution in [0.25, 0.3) is 0 Å². The molecule has 0 spiro atoms. The van der Waals surface area contributed by atoms with Gasteiger partial charge in [-0.25, -0.2) is 0 Å². The molecule has 1 aromatic rings. The van der Waals surface area contributed by atoms with Crippen molar-refractivity contribution >= 4 is 5.82 Å². The normalized spacial score (nSPS) is 16.6. The van der Waals surface area contributed by atoms with E-state index in [0.717, 1.165) is 30.8 Å². The van der Waals surface area contributed by atoms with Gasteiger partial charge in [-0.2, -0.15) is 5.26 Å². The molecule has 1 heterocycles. The van der Waals surface area contributed by atoms with E-state index in [-0.39, 0.29) is 0 Å². The van der Waals surface area contributed by atoms with Crippen LogP contribution in [0.3, 0.4) is 0 Å². The molecule has 0 atom stereocenters. The fourth-order valence-electron chi connectivity index (χ4n) is 2.55. The van der Waals surface area contributed by atoms with Gasteiger partial charge in [0.25, 0.3) is 0 Å². The molecule has 1 aliphatic rings. The highest BCUT2D eigenvalue weighted by Crippen LogP contribution is 2.51. The van der Waals surface area contributed by atoms with E-state index < -0.39 is 0 Å². The fraction of sp³-hybridized carbons (Fsp3) is 0.643. The van der Waals surface area contributed by atoms with Gasteiger partial charge in [-0.3, -0.25) is 0 Å². The van der Waals surface area contributed by atoms with Gasteiger partial charge in [0.1, 0.15) is 11.9 Å². The number of nitrogens with zero attached hydrogens (tertiary/aromatic N) is 2. The Balaban J connectivity index is 2.23. The maximum atomic E-state index is 9.13. The quantitative estimate of drug-likeness (QED) is 0.868. The summed E-state index contributed by atoms with van der Waals surface area (Å²) in [5.74, 6) is 0.621. The maximum Gasteiger partial charge on any atom is 0.122 e. The summed E-state index contributed by atoms with van der Waals surface area (Å²) >= 11 is 0. The van der Waals surface area contributed by atoms with Crippen LogP contribution < -0.4 is 5.73 Å². The molecule has 1 aliphatic carbocycles. The number of nitriles is 1. The Kier molecular flexibility index (Phi) is 3.36. The Morgan fingerprint density at radius 1 is 1.44 bits per heavy atom. The number of nitrogens with two attached hydrogens (primary N) is 1. The van der Waals surface area contributed by atoms with Crippen molar-refractivity contribution in [1.29, 1.82) is 5.26 Å².